The molecule has 0 N–H and O–H groups in total. The molecule has 3 rings (SSSR count). The lowest BCUT2D eigenvalue weighted by molar-refractivity contribution is 0.0595. The van der Waals surface area contributed by atoms with Crippen molar-refractivity contribution in [1.29, 1.82) is 0 Å². The summed E-state index contributed by atoms with van der Waals surface area (Å²) in [6, 6.07) is 13.8. The number of piperidine rings is 1. The second-order valence-electron chi connectivity index (χ2n) is 5.94. The van der Waals surface area contributed by atoms with Crippen LogP contribution in [0, 0.1) is 12.7 Å². The van der Waals surface area contributed by atoms with Crippen LogP contribution in [0.4, 0.5) is 4.39 Å². The molecule has 0 radical (unpaired) electrons. The molecule has 3 nitrogen and oxygen atoms in total. The molecule has 0 bridgehead atoms. The fourth-order valence-electron chi connectivity index (χ4n) is 2.86. The smallest absolute Gasteiger partial charge is 0.253 e. The molecule has 0 unspecified atom stereocenters. The lowest BCUT2D eigenvalue weighted by atomic mass is 10.1. The van der Waals surface area contributed by atoms with Crippen molar-refractivity contribution in [3.05, 3.63) is 65.5 Å². The van der Waals surface area contributed by atoms with Crippen LogP contribution in [0.2, 0.25) is 0 Å². The zero-order valence-electron chi connectivity index (χ0n) is 13.2. The molecule has 120 valence electrons. The van der Waals surface area contributed by atoms with E-state index in [1.807, 2.05) is 31.2 Å². The zero-order valence-corrected chi connectivity index (χ0v) is 13.2. The van der Waals surface area contributed by atoms with Crippen molar-refractivity contribution in [1.82, 2.24) is 4.90 Å². The van der Waals surface area contributed by atoms with Gasteiger partial charge in [-0.1, -0.05) is 18.2 Å². The summed E-state index contributed by atoms with van der Waals surface area (Å²) < 4.78 is 19.2. The summed E-state index contributed by atoms with van der Waals surface area (Å²) in [4.78, 5) is 14.1. The van der Waals surface area contributed by atoms with Gasteiger partial charge in [-0.15, -0.1) is 0 Å². The summed E-state index contributed by atoms with van der Waals surface area (Å²) >= 11 is 0. The van der Waals surface area contributed by atoms with Gasteiger partial charge in [0.2, 0.25) is 0 Å². The number of halogens is 1. The average molecular weight is 313 g/mol. The Labute approximate surface area is 135 Å². The van der Waals surface area contributed by atoms with E-state index in [1.165, 1.54) is 17.7 Å². The first kappa shape index (κ1) is 15.5. The van der Waals surface area contributed by atoms with E-state index in [9.17, 15) is 9.18 Å². The molecule has 23 heavy (non-hydrogen) atoms. The highest BCUT2D eigenvalue weighted by Crippen LogP contribution is 2.21. The first-order valence-corrected chi connectivity index (χ1v) is 7.90. The van der Waals surface area contributed by atoms with E-state index in [-0.39, 0.29) is 17.8 Å². The van der Waals surface area contributed by atoms with Gasteiger partial charge in [0.25, 0.3) is 5.91 Å². The summed E-state index contributed by atoms with van der Waals surface area (Å²) in [5, 5.41) is 0. The monoisotopic (exact) mass is 313 g/mol. The van der Waals surface area contributed by atoms with Crippen LogP contribution < -0.4 is 4.74 Å². The van der Waals surface area contributed by atoms with Crippen LogP contribution in [0.3, 0.4) is 0 Å². The van der Waals surface area contributed by atoms with Crippen LogP contribution in [-0.4, -0.2) is 30.0 Å². The van der Waals surface area contributed by atoms with Gasteiger partial charge in [0.05, 0.1) is 0 Å². The Morgan fingerprint density at radius 1 is 1.13 bits per heavy atom. The maximum atomic E-state index is 13.2. The molecule has 1 aliphatic heterocycles. The minimum Gasteiger partial charge on any atom is -0.490 e. The fourth-order valence-corrected chi connectivity index (χ4v) is 2.86. The highest BCUT2D eigenvalue weighted by molar-refractivity contribution is 5.94. The van der Waals surface area contributed by atoms with Crippen LogP contribution in [0.5, 0.6) is 5.75 Å². The van der Waals surface area contributed by atoms with Gasteiger partial charge < -0.3 is 9.64 Å². The first-order chi connectivity index (χ1) is 11.1. The van der Waals surface area contributed by atoms with E-state index in [0.29, 0.717) is 18.7 Å². The van der Waals surface area contributed by atoms with E-state index < -0.39 is 0 Å². The number of nitrogens with zero attached hydrogens (tertiary/aromatic N) is 1. The molecular formula is C19H20FNO2. The number of carbonyl (C=O) groups is 1. The van der Waals surface area contributed by atoms with Crippen molar-refractivity contribution in [3.63, 3.8) is 0 Å². The van der Waals surface area contributed by atoms with Crippen molar-refractivity contribution >= 4 is 5.91 Å². The quantitative estimate of drug-likeness (QED) is 0.862. The van der Waals surface area contributed by atoms with E-state index in [2.05, 4.69) is 0 Å². The van der Waals surface area contributed by atoms with Gasteiger partial charge in [-0.3, -0.25) is 4.79 Å². The van der Waals surface area contributed by atoms with Crippen LogP contribution in [0.25, 0.3) is 0 Å². The van der Waals surface area contributed by atoms with Crippen LogP contribution >= 0.6 is 0 Å². The molecule has 1 aliphatic rings. The number of hydrogen-bond donors (Lipinski definition) is 0. The number of likely N-dealkylation sites (tertiary alicyclic amines) is 1. The van der Waals surface area contributed by atoms with Crippen LogP contribution in [0.1, 0.15) is 28.8 Å². The minimum absolute atomic E-state index is 0.112. The molecule has 0 spiro atoms. The average Bonchev–Trinajstić information content (AvgIpc) is 2.55. The Morgan fingerprint density at radius 3 is 2.57 bits per heavy atom. The lowest BCUT2D eigenvalue weighted by Gasteiger charge is -2.32. The number of carbonyl (C=O) groups excluding carboxylic acids is 1. The Kier molecular flexibility index (Phi) is 4.60. The Bertz CT molecular complexity index is 693. The Morgan fingerprint density at radius 2 is 1.87 bits per heavy atom. The van der Waals surface area contributed by atoms with Gasteiger partial charge in [-0.25, -0.2) is 4.39 Å². The molecule has 1 heterocycles. The van der Waals surface area contributed by atoms with Crippen molar-refractivity contribution in [3.8, 4) is 5.75 Å². The Hall–Kier alpha value is -2.36. The highest BCUT2D eigenvalue weighted by atomic mass is 19.1. The maximum Gasteiger partial charge on any atom is 0.253 e. The molecule has 2 aromatic rings. The molecule has 4 heteroatoms. The number of aryl methyl sites for hydroxylation is 1. The number of benzene rings is 2. The topological polar surface area (TPSA) is 29.5 Å². The van der Waals surface area contributed by atoms with Gasteiger partial charge in [0.15, 0.2) is 0 Å². The first-order valence-electron chi connectivity index (χ1n) is 7.90. The summed E-state index contributed by atoms with van der Waals surface area (Å²) in [5.74, 6) is 0.381. The SMILES string of the molecule is Cc1cccc(OC2CCN(C(=O)c3cccc(F)c3)CC2)c1. The third kappa shape index (κ3) is 3.89. The molecular weight excluding hydrogens is 293 g/mol. The normalized spacial score (nSPS) is 15.5. The Balaban J connectivity index is 1.57. The summed E-state index contributed by atoms with van der Waals surface area (Å²) in [6.07, 6.45) is 1.69. The summed E-state index contributed by atoms with van der Waals surface area (Å²) in [5.41, 5.74) is 1.57. The number of rotatable bonds is 3. The van der Waals surface area contributed by atoms with E-state index >= 15 is 0 Å². The number of ether oxygens (including phenoxy) is 1. The van der Waals surface area contributed by atoms with Gasteiger partial charge in [0, 0.05) is 31.5 Å². The summed E-state index contributed by atoms with van der Waals surface area (Å²) in [7, 11) is 0. The molecule has 0 aliphatic carbocycles. The standard InChI is InChI=1S/C19H20FNO2/c1-14-4-2-7-18(12-14)23-17-8-10-21(11-9-17)19(22)15-5-3-6-16(20)13-15/h2-7,12-13,17H,8-11H2,1H3. The largest absolute Gasteiger partial charge is 0.490 e. The zero-order chi connectivity index (χ0) is 16.2. The molecule has 0 aromatic heterocycles. The minimum atomic E-state index is -0.381. The maximum absolute atomic E-state index is 13.2. The van der Waals surface area contributed by atoms with E-state index in [4.69, 9.17) is 4.74 Å². The summed E-state index contributed by atoms with van der Waals surface area (Å²) in [6.45, 7) is 3.30. The molecule has 0 saturated carbocycles. The second-order valence-corrected chi connectivity index (χ2v) is 5.94. The van der Waals surface area contributed by atoms with Crippen LogP contribution in [0.15, 0.2) is 48.5 Å². The fraction of sp³-hybridized carbons (Fsp3) is 0.316. The highest BCUT2D eigenvalue weighted by Gasteiger charge is 2.24. The predicted octanol–water partition coefficient (Wildman–Crippen LogP) is 3.82. The van der Waals surface area contributed by atoms with Crippen molar-refractivity contribution in [2.45, 2.75) is 25.9 Å². The number of hydrogen-bond acceptors (Lipinski definition) is 2. The van der Waals surface area contributed by atoms with Gasteiger partial charge in [-0.2, -0.15) is 0 Å². The molecule has 0 atom stereocenters. The molecule has 1 saturated heterocycles. The number of amides is 1. The van der Waals surface area contributed by atoms with Gasteiger partial charge in [-0.05, 0) is 42.8 Å². The van der Waals surface area contributed by atoms with Crippen molar-refractivity contribution in [2.24, 2.45) is 0 Å². The lowest BCUT2D eigenvalue weighted by Crippen LogP contribution is -2.41. The third-order valence-electron chi connectivity index (χ3n) is 4.09. The third-order valence-corrected chi connectivity index (χ3v) is 4.09. The molecule has 1 amide bonds. The van der Waals surface area contributed by atoms with Crippen molar-refractivity contribution in [2.75, 3.05) is 13.1 Å². The van der Waals surface area contributed by atoms with E-state index in [1.54, 1.807) is 17.0 Å². The van der Waals surface area contributed by atoms with Crippen molar-refractivity contribution < 1.29 is 13.9 Å². The van der Waals surface area contributed by atoms with Crippen LogP contribution in [-0.2, 0) is 0 Å². The molecule has 2 aromatic carbocycles. The van der Waals surface area contributed by atoms with Gasteiger partial charge in [0.1, 0.15) is 17.7 Å². The van der Waals surface area contributed by atoms with E-state index in [0.717, 1.165) is 18.6 Å². The predicted molar refractivity (Wildman–Crippen MR) is 87.1 cm³/mol. The second kappa shape index (κ2) is 6.82. The molecule has 1 fully saturated rings. The van der Waals surface area contributed by atoms with Gasteiger partial charge >= 0.3 is 0 Å².